The first-order valence-electron chi connectivity index (χ1n) is 9.63. The molecule has 1 aromatic heterocycles. The minimum absolute atomic E-state index is 0.0660. The van der Waals surface area contributed by atoms with Crippen LogP contribution in [0.5, 0.6) is 5.75 Å². The van der Waals surface area contributed by atoms with E-state index in [0.29, 0.717) is 0 Å². The Balaban J connectivity index is 1.38. The number of benzene rings is 2. The van der Waals surface area contributed by atoms with Crippen LogP contribution in [0.2, 0.25) is 0 Å². The molecule has 2 aromatic carbocycles. The summed E-state index contributed by atoms with van der Waals surface area (Å²) in [6.45, 7) is 5.47. The molecule has 27 heavy (non-hydrogen) atoms. The van der Waals surface area contributed by atoms with E-state index >= 15 is 0 Å². The first-order valence-corrected chi connectivity index (χ1v) is 9.63. The molecular weight excluding hydrogens is 338 g/mol. The molecule has 4 heteroatoms. The highest BCUT2D eigenvalue weighted by molar-refractivity contribution is 5.83. The van der Waals surface area contributed by atoms with Crippen LogP contribution in [-0.2, 0) is 4.79 Å². The van der Waals surface area contributed by atoms with Gasteiger partial charge in [0.05, 0.1) is 6.26 Å². The molecule has 0 bridgehead atoms. The van der Waals surface area contributed by atoms with Crippen molar-refractivity contribution in [3.05, 3.63) is 54.8 Å². The molecule has 1 aliphatic heterocycles. The van der Waals surface area contributed by atoms with E-state index < -0.39 is 0 Å². The van der Waals surface area contributed by atoms with Crippen LogP contribution < -0.4 is 4.74 Å². The Morgan fingerprint density at radius 1 is 1.04 bits per heavy atom. The minimum atomic E-state index is 0.0660. The Morgan fingerprint density at radius 2 is 1.74 bits per heavy atom. The second-order valence-electron chi connectivity index (χ2n) is 7.49. The topological polar surface area (TPSA) is 42.7 Å². The molecule has 3 aromatic rings. The number of ether oxygens (including phenoxy) is 1. The van der Waals surface area contributed by atoms with Gasteiger partial charge < -0.3 is 14.1 Å². The van der Waals surface area contributed by atoms with E-state index in [9.17, 15) is 4.79 Å². The van der Waals surface area contributed by atoms with Gasteiger partial charge in [0, 0.05) is 37.2 Å². The summed E-state index contributed by atoms with van der Waals surface area (Å²) in [5.74, 6) is 1.19. The zero-order chi connectivity index (χ0) is 18.8. The van der Waals surface area contributed by atoms with Gasteiger partial charge in [-0.2, -0.15) is 0 Å². The van der Waals surface area contributed by atoms with Crippen molar-refractivity contribution < 1.29 is 13.9 Å². The minimum Gasteiger partial charge on any atom is -0.490 e. The Labute approximate surface area is 159 Å². The maximum absolute atomic E-state index is 12.1. The van der Waals surface area contributed by atoms with Gasteiger partial charge >= 0.3 is 0 Å². The molecule has 0 spiro atoms. The number of carbonyl (C=O) groups excluding carboxylic acids is 1. The van der Waals surface area contributed by atoms with Crippen LogP contribution in [0.4, 0.5) is 0 Å². The summed E-state index contributed by atoms with van der Waals surface area (Å²) in [6, 6.07) is 16.4. The second kappa shape index (κ2) is 7.47. The average molecular weight is 363 g/mol. The lowest BCUT2D eigenvalue weighted by atomic mass is 10.0. The summed E-state index contributed by atoms with van der Waals surface area (Å²) >= 11 is 0. The maximum atomic E-state index is 12.1. The second-order valence-corrected chi connectivity index (χ2v) is 7.49. The van der Waals surface area contributed by atoms with Gasteiger partial charge in [0.1, 0.15) is 17.4 Å². The molecule has 0 atom stereocenters. The molecule has 140 valence electrons. The van der Waals surface area contributed by atoms with Crippen molar-refractivity contribution >= 4 is 16.9 Å². The van der Waals surface area contributed by atoms with Crippen LogP contribution in [0.1, 0.15) is 26.7 Å². The van der Waals surface area contributed by atoms with Gasteiger partial charge in [-0.3, -0.25) is 4.79 Å². The summed E-state index contributed by atoms with van der Waals surface area (Å²) in [6.07, 6.45) is 3.66. The lowest BCUT2D eigenvalue weighted by Gasteiger charge is -2.33. The molecule has 1 amide bonds. The van der Waals surface area contributed by atoms with Crippen LogP contribution in [0, 0.1) is 5.92 Å². The number of fused-ring (bicyclic) bond motifs is 1. The van der Waals surface area contributed by atoms with Gasteiger partial charge in [-0.25, -0.2) is 0 Å². The zero-order valence-electron chi connectivity index (χ0n) is 15.9. The van der Waals surface area contributed by atoms with Crippen LogP contribution in [0.3, 0.4) is 0 Å². The Kier molecular flexibility index (Phi) is 4.88. The largest absolute Gasteiger partial charge is 0.490 e. The first-order chi connectivity index (χ1) is 13.1. The number of rotatable bonds is 4. The van der Waals surface area contributed by atoms with Crippen molar-refractivity contribution in [2.75, 3.05) is 13.1 Å². The van der Waals surface area contributed by atoms with Crippen molar-refractivity contribution in [3.8, 4) is 16.9 Å². The van der Waals surface area contributed by atoms with Gasteiger partial charge in [-0.1, -0.05) is 32.0 Å². The Bertz CT molecular complexity index is 918. The van der Waals surface area contributed by atoms with Crippen LogP contribution in [0.15, 0.2) is 59.2 Å². The molecular formula is C23H25NO3. The fourth-order valence-electron chi connectivity index (χ4n) is 3.62. The quantitative estimate of drug-likeness (QED) is 0.646. The lowest BCUT2D eigenvalue weighted by molar-refractivity contribution is -0.136. The average Bonchev–Trinajstić information content (AvgIpc) is 3.16. The molecule has 0 N–H and O–H groups in total. The smallest absolute Gasteiger partial charge is 0.225 e. The summed E-state index contributed by atoms with van der Waals surface area (Å²) in [7, 11) is 0. The Hall–Kier alpha value is -2.75. The molecule has 2 heterocycles. The third-order valence-corrected chi connectivity index (χ3v) is 5.19. The molecule has 0 radical (unpaired) electrons. The summed E-state index contributed by atoms with van der Waals surface area (Å²) < 4.78 is 11.5. The predicted molar refractivity (Wildman–Crippen MR) is 107 cm³/mol. The fourth-order valence-corrected chi connectivity index (χ4v) is 3.62. The molecule has 0 aliphatic carbocycles. The highest BCUT2D eigenvalue weighted by Crippen LogP contribution is 2.27. The van der Waals surface area contributed by atoms with Crippen molar-refractivity contribution in [1.82, 2.24) is 4.90 Å². The highest BCUT2D eigenvalue weighted by atomic mass is 16.5. The molecule has 1 fully saturated rings. The van der Waals surface area contributed by atoms with Gasteiger partial charge in [-0.15, -0.1) is 0 Å². The van der Waals surface area contributed by atoms with Crippen LogP contribution in [-0.4, -0.2) is 30.0 Å². The standard InChI is InChI=1S/C23H25NO3/c1-16(2)23(25)24-12-9-21(10-13-24)27-20-6-3-17(4-7-20)18-5-8-22-19(15-18)11-14-26-22/h3-8,11,14-16,21H,9-10,12-13H2,1-2H3. The zero-order valence-corrected chi connectivity index (χ0v) is 15.9. The normalized spacial score (nSPS) is 15.4. The molecule has 1 aliphatic rings. The van der Waals surface area contributed by atoms with E-state index in [4.69, 9.17) is 9.15 Å². The van der Waals surface area contributed by atoms with Gasteiger partial charge in [0.2, 0.25) is 5.91 Å². The molecule has 0 saturated carbocycles. The van der Waals surface area contributed by atoms with Crippen LogP contribution >= 0.6 is 0 Å². The number of likely N-dealkylation sites (tertiary alicyclic amines) is 1. The van der Waals surface area contributed by atoms with E-state index in [1.165, 1.54) is 0 Å². The molecule has 4 nitrogen and oxygen atoms in total. The van der Waals surface area contributed by atoms with Gasteiger partial charge in [0.25, 0.3) is 0 Å². The first kappa shape index (κ1) is 17.7. The van der Waals surface area contributed by atoms with E-state index in [0.717, 1.165) is 53.8 Å². The maximum Gasteiger partial charge on any atom is 0.225 e. The number of piperidine rings is 1. The van der Waals surface area contributed by atoms with E-state index in [-0.39, 0.29) is 17.9 Å². The number of amides is 1. The molecule has 4 rings (SSSR count). The number of nitrogens with zero attached hydrogens (tertiary/aromatic N) is 1. The monoisotopic (exact) mass is 363 g/mol. The third kappa shape index (κ3) is 3.85. The van der Waals surface area contributed by atoms with Crippen LogP contribution in [0.25, 0.3) is 22.1 Å². The van der Waals surface area contributed by atoms with Crippen molar-refractivity contribution in [2.45, 2.75) is 32.8 Å². The molecule has 0 unspecified atom stereocenters. The van der Waals surface area contributed by atoms with Crippen molar-refractivity contribution in [3.63, 3.8) is 0 Å². The number of hydrogen-bond donors (Lipinski definition) is 0. The third-order valence-electron chi connectivity index (χ3n) is 5.19. The number of furan rings is 1. The van der Waals surface area contributed by atoms with E-state index in [1.807, 2.05) is 43.0 Å². The summed E-state index contributed by atoms with van der Waals surface area (Å²) in [5, 5.41) is 1.11. The SMILES string of the molecule is CC(C)C(=O)N1CCC(Oc2ccc(-c3ccc4occc4c3)cc2)CC1. The van der Waals surface area contributed by atoms with E-state index in [2.05, 4.69) is 24.3 Å². The number of carbonyl (C=O) groups is 1. The Morgan fingerprint density at radius 3 is 2.44 bits per heavy atom. The fraction of sp³-hybridized carbons (Fsp3) is 0.348. The lowest BCUT2D eigenvalue weighted by Crippen LogP contribution is -2.43. The van der Waals surface area contributed by atoms with Crippen molar-refractivity contribution in [1.29, 1.82) is 0 Å². The van der Waals surface area contributed by atoms with Gasteiger partial charge in [-0.05, 0) is 41.5 Å². The number of hydrogen-bond acceptors (Lipinski definition) is 3. The highest BCUT2D eigenvalue weighted by Gasteiger charge is 2.25. The summed E-state index contributed by atoms with van der Waals surface area (Å²) in [4.78, 5) is 14.0. The van der Waals surface area contributed by atoms with E-state index in [1.54, 1.807) is 6.26 Å². The molecule has 1 saturated heterocycles. The van der Waals surface area contributed by atoms with Crippen molar-refractivity contribution in [2.24, 2.45) is 5.92 Å². The predicted octanol–water partition coefficient (Wildman–Crippen LogP) is 5.13. The summed E-state index contributed by atoms with van der Waals surface area (Å²) in [5.41, 5.74) is 3.22. The van der Waals surface area contributed by atoms with Gasteiger partial charge in [0.15, 0.2) is 0 Å².